The van der Waals surface area contributed by atoms with E-state index in [1.807, 2.05) is 6.92 Å². The maximum atomic E-state index is 12.3. The minimum atomic E-state index is -1.30. The Kier molecular flexibility index (Phi) is 6.23. The number of H-pyrrole nitrogens is 1. The van der Waals surface area contributed by atoms with Crippen LogP contribution < -0.4 is 26.5 Å². The van der Waals surface area contributed by atoms with Gasteiger partial charge in [0.25, 0.3) is 11.5 Å². The van der Waals surface area contributed by atoms with E-state index in [2.05, 4.69) is 15.3 Å². The highest BCUT2D eigenvalue weighted by atomic mass is 32.2. The largest absolute Gasteiger partial charge is 0.549 e. The number of hydrogen-bond donors (Lipinski definition) is 3. The Morgan fingerprint density at radius 3 is 2.58 bits per heavy atom. The summed E-state index contributed by atoms with van der Waals surface area (Å²) in [5.41, 5.74) is 5.12. The SMILES string of the molecule is CCOc1ccc(C(=O)Nc2c(N)nc(S[C@@H](C)C(=O)[O-])[nH]c2=O)cc1. The van der Waals surface area contributed by atoms with Gasteiger partial charge in [-0.15, -0.1) is 0 Å². The van der Waals surface area contributed by atoms with Gasteiger partial charge in [-0.25, -0.2) is 4.98 Å². The van der Waals surface area contributed by atoms with Crippen LogP contribution in [0.2, 0.25) is 0 Å². The zero-order valence-corrected chi connectivity index (χ0v) is 14.9. The first-order valence-corrected chi connectivity index (χ1v) is 8.51. The van der Waals surface area contributed by atoms with Crippen molar-refractivity contribution < 1.29 is 19.4 Å². The molecule has 0 spiro atoms. The van der Waals surface area contributed by atoms with Crippen molar-refractivity contribution in [2.75, 3.05) is 17.7 Å². The van der Waals surface area contributed by atoms with Crippen molar-refractivity contribution in [3.8, 4) is 5.75 Å². The summed E-state index contributed by atoms with van der Waals surface area (Å²) >= 11 is 0.775. The molecule has 1 atom stereocenters. The fourth-order valence-corrected chi connectivity index (χ4v) is 2.65. The van der Waals surface area contributed by atoms with E-state index in [1.165, 1.54) is 6.92 Å². The minimum absolute atomic E-state index is 0.0169. The average Bonchev–Trinajstić information content (AvgIpc) is 2.58. The van der Waals surface area contributed by atoms with Gasteiger partial charge < -0.3 is 25.7 Å². The Hall–Kier alpha value is -3.01. The fourth-order valence-electron chi connectivity index (χ4n) is 1.92. The monoisotopic (exact) mass is 377 g/mol. The molecule has 0 aliphatic carbocycles. The predicted octanol–water partition coefficient (Wildman–Crippen LogP) is 0.234. The number of aromatic nitrogens is 2. The van der Waals surface area contributed by atoms with E-state index in [0.29, 0.717) is 17.9 Å². The van der Waals surface area contributed by atoms with Crippen LogP contribution in [0.5, 0.6) is 5.75 Å². The molecule has 0 aliphatic rings. The number of aliphatic carboxylic acids is 1. The van der Waals surface area contributed by atoms with Gasteiger partial charge in [-0.1, -0.05) is 11.8 Å². The second-order valence-corrected chi connectivity index (χ2v) is 6.45. The molecular formula is C16H17N4O5S-. The number of ether oxygens (including phenoxy) is 1. The van der Waals surface area contributed by atoms with Crippen molar-refractivity contribution >= 4 is 35.1 Å². The highest BCUT2D eigenvalue weighted by molar-refractivity contribution is 8.00. The van der Waals surface area contributed by atoms with Crippen LogP contribution in [0.4, 0.5) is 11.5 Å². The molecule has 2 aromatic rings. The molecule has 4 N–H and O–H groups in total. The van der Waals surface area contributed by atoms with E-state index >= 15 is 0 Å². The lowest BCUT2D eigenvalue weighted by Gasteiger charge is -2.12. The normalized spacial score (nSPS) is 11.6. The summed E-state index contributed by atoms with van der Waals surface area (Å²) in [4.78, 5) is 41.4. The molecule has 1 aromatic heterocycles. The maximum absolute atomic E-state index is 12.3. The van der Waals surface area contributed by atoms with E-state index in [0.717, 1.165) is 11.8 Å². The number of nitrogens with zero attached hydrogens (tertiary/aromatic N) is 1. The molecule has 26 heavy (non-hydrogen) atoms. The molecule has 0 aliphatic heterocycles. The molecule has 1 amide bonds. The Morgan fingerprint density at radius 1 is 1.38 bits per heavy atom. The standard InChI is InChI=1S/C16H18N4O5S/c1-3-25-10-6-4-9(5-7-10)13(21)18-11-12(17)19-16(20-14(11)22)26-8(2)15(23)24/h4-8H,3H2,1-2H3,(H,18,21)(H,23,24)(H3,17,19,20,22)/p-1/t8-/m0/s1. The van der Waals surface area contributed by atoms with Crippen molar-refractivity contribution in [3.05, 3.63) is 40.2 Å². The molecule has 0 radical (unpaired) electrons. The first-order valence-electron chi connectivity index (χ1n) is 7.63. The van der Waals surface area contributed by atoms with Gasteiger partial charge >= 0.3 is 0 Å². The molecule has 10 heteroatoms. The highest BCUT2D eigenvalue weighted by Gasteiger charge is 2.15. The summed E-state index contributed by atoms with van der Waals surface area (Å²) in [6, 6.07) is 6.35. The van der Waals surface area contributed by atoms with Crippen LogP contribution in [0.3, 0.4) is 0 Å². The number of amides is 1. The van der Waals surface area contributed by atoms with Gasteiger partial charge in [0.2, 0.25) is 0 Å². The summed E-state index contributed by atoms with van der Waals surface area (Å²) in [5.74, 6) is -1.45. The smallest absolute Gasteiger partial charge is 0.277 e. The van der Waals surface area contributed by atoms with Crippen LogP contribution in [0.1, 0.15) is 24.2 Å². The number of hydrogen-bond acceptors (Lipinski definition) is 8. The van der Waals surface area contributed by atoms with Gasteiger partial charge in [-0.3, -0.25) is 14.6 Å². The Morgan fingerprint density at radius 2 is 2.04 bits per heavy atom. The van der Waals surface area contributed by atoms with Crippen LogP contribution >= 0.6 is 11.8 Å². The Bertz CT molecular complexity index is 866. The van der Waals surface area contributed by atoms with Crippen molar-refractivity contribution in [2.45, 2.75) is 24.3 Å². The molecule has 0 saturated heterocycles. The topological polar surface area (TPSA) is 150 Å². The number of thioether (sulfide) groups is 1. The number of anilines is 2. The second kappa shape index (κ2) is 8.39. The Labute approximate surface area is 153 Å². The number of carbonyl (C=O) groups excluding carboxylic acids is 2. The first kappa shape index (κ1) is 19.3. The van der Waals surface area contributed by atoms with Crippen LogP contribution in [0.15, 0.2) is 34.2 Å². The summed E-state index contributed by atoms with van der Waals surface area (Å²) in [5, 5.41) is 12.2. The van der Waals surface area contributed by atoms with Crippen LogP contribution in [0.25, 0.3) is 0 Å². The van der Waals surface area contributed by atoms with E-state index in [-0.39, 0.29) is 16.7 Å². The van der Waals surface area contributed by atoms with Crippen molar-refractivity contribution in [3.63, 3.8) is 0 Å². The van der Waals surface area contributed by atoms with Crippen LogP contribution in [-0.2, 0) is 4.79 Å². The molecule has 1 aromatic carbocycles. The number of aromatic amines is 1. The van der Waals surface area contributed by atoms with E-state index in [4.69, 9.17) is 10.5 Å². The van der Waals surface area contributed by atoms with E-state index in [9.17, 15) is 19.5 Å². The summed E-state index contributed by atoms with van der Waals surface area (Å²) in [6.07, 6.45) is 0. The molecule has 0 saturated carbocycles. The zero-order chi connectivity index (χ0) is 19.3. The third kappa shape index (κ3) is 4.76. The van der Waals surface area contributed by atoms with Gasteiger partial charge in [0, 0.05) is 10.8 Å². The number of carboxylic acid groups (broad SMARTS) is 1. The van der Waals surface area contributed by atoms with Gasteiger partial charge in [-0.05, 0) is 38.1 Å². The van der Waals surface area contributed by atoms with E-state index < -0.39 is 22.7 Å². The van der Waals surface area contributed by atoms with Crippen molar-refractivity contribution in [1.82, 2.24) is 9.97 Å². The molecule has 0 fully saturated rings. The predicted molar refractivity (Wildman–Crippen MR) is 95.2 cm³/mol. The van der Waals surface area contributed by atoms with Gasteiger partial charge in [0.05, 0.1) is 12.6 Å². The number of rotatable bonds is 7. The van der Waals surface area contributed by atoms with Gasteiger partial charge in [0.15, 0.2) is 11.0 Å². The molecule has 0 bridgehead atoms. The number of carboxylic acids is 1. The Balaban J connectivity index is 2.17. The zero-order valence-electron chi connectivity index (χ0n) is 14.1. The summed E-state index contributed by atoms with van der Waals surface area (Å²) in [7, 11) is 0. The number of carbonyl (C=O) groups is 2. The number of benzene rings is 1. The third-order valence-electron chi connectivity index (χ3n) is 3.21. The van der Waals surface area contributed by atoms with Crippen LogP contribution in [0, 0.1) is 0 Å². The molecule has 138 valence electrons. The average molecular weight is 377 g/mol. The third-order valence-corrected chi connectivity index (χ3v) is 4.17. The number of nitrogens with one attached hydrogen (secondary N) is 2. The number of nitrogen functional groups attached to an aromatic ring is 1. The molecular weight excluding hydrogens is 360 g/mol. The van der Waals surface area contributed by atoms with Gasteiger partial charge in [0.1, 0.15) is 11.4 Å². The second-order valence-electron chi connectivity index (χ2n) is 5.12. The van der Waals surface area contributed by atoms with Crippen molar-refractivity contribution in [1.29, 1.82) is 0 Å². The molecule has 0 unspecified atom stereocenters. The van der Waals surface area contributed by atoms with Crippen molar-refractivity contribution in [2.24, 2.45) is 0 Å². The molecule has 9 nitrogen and oxygen atoms in total. The summed E-state index contributed by atoms with van der Waals surface area (Å²) < 4.78 is 5.29. The van der Waals surface area contributed by atoms with Crippen LogP contribution in [-0.4, -0.2) is 33.7 Å². The minimum Gasteiger partial charge on any atom is -0.549 e. The first-order chi connectivity index (χ1) is 12.3. The lowest BCUT2D eigenvalue weighted by atomic mass is 10.2. The lowest BCUT2D eigenvalue weighted by molar-refractivity contribution is -0.304. The molecule has 2 rings (SSSR count). The summed E-state index contributed by atoms with van der Waals surface area (Å²) in [6.45, 7) is 3.74. The lowest BCUT2D eigenvalue weighted by Crippen LogP contribution is -2.31. The quantitative estimate of drug-likeness (QED) is 0.458. The van der Waals surface area contributed by atoms with E-state index in [1.54, 1.807) is 24.3 Å². The van der Waals surface area contributed by atoms with Gasteiger partial charge in [-0.2, -0.15) is 0 Å². The maximum Gasteiger partial charge on any atom is 0.277 e. The number of nitrogens with two attached hydrogens (primary N) is 1. The fraction of sp³-hybridized carbons (Fsp3) is 0.250. The molecule has 1 heterocycles. The highest BCUT2D eigenvalue weighted by Crippen LogP contribution is 2.21.